The number of aliphatic carboxylic acids is 4. The van der Waals surface area contributed by atoms with Gasteiger partial charge in [-0.05, 0) is 25.7 Å². The fraction of sp³-hybridized carbons (Fsp3) is 0.833. The maximum atomic E-state index is 12.5. The van der Waals surface area contributed by atoms with Crippen LogP contribution >= 0.6 is 0 Å². The van der Waals surface area contributed by atoms with Crippen LogP contribution in [0.25, 0.3) is 0 Å². The van der Waals surface area contributed by atoms with Gasteiger partial charge in [-0.1, -0.05) is 79.1 Å². The van der Waals surface area contributed by atoms with Crippen LogP contribution in [0.5, 0.6) is 0 Å². The first-order valence-corrected chi connectivity index (χ1v) is 13.5. The average molecular weight is 538 g/mol. The van der Waals surface area contributed by atoms with Gasteiger partial charge in [0.1, 0.15) is 22.4 Å². The zero-order chi connectivity index (χ0) is 28.8. The molecule has 0 radical (unpaired) electrons. The third-order valence-electron chi connectivity index (χ3n) is 7.64. The molecule has 0 aliphatic carbocycles. The van der Waals surface area contributed by atoms with Crippen LogP contribution in [0.15, 0.2) is 0 Å². The summed E-state index contributed by atoms with van der Waals surface area (Å²) in [4.78, 5) is 50.1. The zero-order valence-corrected chi connectivity index (χ0v) is 22.5. The molecule has 0 saturated carbocycles. The number of unbranched alkanes of at least 4 members (excludes halogenated alkanes) is 4. The number of carbonyl (C=O) groups excluding carboxylic acids is 4. The van der Waals surface area contributed by atoms with Crippen LogP contribution in [-0.2, 0) is 37.8 Å². The van der Waals surface area contributed by atoms with E-state index in [1.165, 1.54) is 0 Å². The molecule has 14 heteroatoms. The van der Waals surface area contributed by atoms with Gasteiger partial charge in [-0.25, -0.2) is 0 Å². The lowest BCUT2D eigenvalue weighted by atomic mass is 9.49. The molecule has 2 heterocycles. The molecule has 0 spiro atoms. The molecular weight excluding hydrogens is 502 g/mol. The van der Waals surface area contributed by atoms with Crippen LogP contribution in [0.2, 0.25) is 0 Å². The summed E-state index contributed by atoms with van der Waals surface area (Å²) < 4.78 is 23.0. The van der Waals surface area contributed by atoms with Gasteiger partial charge >= 0.3 is 14.0 Å². The fourth-order valence-corrected chi connectivity index (χ4v) is 5.45. The van der Waals surface area contributed by atoms with E-state index in [4.69, 9.17) is 18.6 Å². The first-order chi connectivity index (χ1) is 17.9. The van der Waals surface area contributed by atoms with E-state index in [9.17, 15) is 39.6 Å². The van der Waals surface area contributed by atoms with E-state index in [2.05, 4.69) is 0 Å². The summed E-state index contributed by atoms with van der Waals surface area (Å²) in [7, 11) is -3.86. The molecule has 0 aromatic rings. The van der Waals surface area contributed by atoms with Gasteiger partial charge in [0.25, 0.3) is 0 Å². The Balaban J connectivity index is 2.67. The molecule has 4 unspecified atom stereocenters. The molecule has 38 heavy (non-hydrogen) atoms. The summed E-state index contributed by atoms with van der Waals surface area (Å²) in [5, 5.41) is 50.1. The molecule has 0 aromatic carbocycles. The summed E-state index contributed by atoms with van der Waals surface area (Å²) in [5.41, 5.74) is -10.1. The van der Waals surface area contributed by atoms with E-state index in [1.54, 1.807) is 27.7 Å². The molecule has 0 bridgehead atoms. The number of rotatable bonds is 17. The average Bonchev–Trinajstić information content (AvgIpc) is 3.40. The number of carbonyl (C=O) groups is 4. The number of hydrogen-bond acceptors (Lipinski definition) is 12. The van der Waals surface area contributed by atoms with Crippen molar-refractivity contribution in [1.82, 2.24) is 0 Å². The van der Waals surface area contributed by atoms with Gasteiger partial charge in [-0.3, -0.25) is 0 Å². The van der Waals surface area contributed by atoms with E-state index in [0.29, 0.717) is 25.7 Å². The van der Waals surface area contributed by atoms with Gasteiger partial charge < -0.3 is 58.2 Å². The highest BCUT2D eigenvalue weighted by Crippen LogP contribution is 2.50. The molecule has 2 aliphatic rings. The van der Waals surface area contributed by atoms with Crippen molar-refractivity contribution in [3.63, 3.8) is 0 Å². The predicted octanol–water partition coefficient (Wildman–Crippen LogP) is -2.15. The summed E-state index contributed by atoms with van der Waals surface area (Å²) >= 11 is 0. The summed E-state index contributed by atoms with van der Waals surface area (Å²) in [5.74, 6) is -7.44. The number of hydrogen-bond donors (Lipinski definition) is 0. The van der Waals surface area contributed by atoms with Crippen LogP contribution in [0.3, 0.4) is 0 Å². The third-order valence-corrected chi connectivity index (χ3v) is 7.64. The zero-order valence-electron chi connectivity index (χ0n) is 22.5. The second-order valence-electron chi connectivity index (χ2n) is 10.1. The van der Waals surface area contributed by atoms with Gasteiger partial charge in [-0.2, -0.15) is 0 Å². The maximum absolute atomic E-state index is 12.5. The van der Waals surface area contributed by atoms with Gasteiger partial charge in [0.2, 0.25) is 0 Å². The molecule has 2 aliphatic heterocycles. The highest BCUT2D eigenvalue weighted by Gasteiger charge is 2.72. The lowest BCUT2D eigenvalue weighted by Crippen LogP contribution is -2.68. The van der Waals surface area contributed by atoms with Crippen LogP contribution in [0.1, 0.15) is 105 Å². The molecule has 214 valence electrons. The van der Waals surface area contributed by atoms with Crippen molar-refractivity contribution < 1.29 is 58.2 Å². The van der Waals surface area contributed by atoms with E-state index >= 15 is 0 Å². The first-order valence-electron chi connectivity index (χ1n) is 13.5. The molecule has 4 atom stereocenters. The Morgan fingerprint density at radius 2 is 0.658 bits per heavy atom. The number of carboxylic acids is 4. The monoisotopic (exact) mass is 538 g/mol. The largest absolute Gasteiger partial charge is 0.547 e. The predicted molar refractivity (Wildman–Crippen MR) is 125 cm³/mol. The van der Waals surface area contributed by atoms with Crippen molar-refractivity contribution in [1.29, 1.82) is 0 Å². The SMILES string of the molecule is CCCCC1(C(=O)[O-])OB(B2OC(CCCC)(C(=O)[O-])C(CCCC)(C(=O)[O-])O2)OC1(CCCC)C(=O)[O-]. The molecule has 2 saturated heterocycles. The Kier molecular flexibility index (Phi) is 10.8. The molecule has 12 nitrogen and oxygen atoms in total. The van der Waals surface area contributed by atoms with Gasteiger partial charge in [-0.15, -0.1) is 0 Å². The van der Waals surface area contributed by atoms with Crippen LogP contribution in [0.4, 0.5) is 0 Å². The summed E-state index contributed by atoms with van der Waals surface area (Å²) in [6.07, 6.45) is 1.49. The van der Waals surface area contributed by atoms with Gasteiger partial charge in [0, 0.05) is 0 Å². The Morgan fingerprint density at radius 1 is 0.474 bits per heavy atom. The second-order valence-corrected chi connectivity index (χ2v) is 10.1. The highest BCUT2D eigenvalue weighted by atomic mass is 16.7. The van der Waals surface area contributed by atoms with Crippen molar-refractivity contribution in [3.8, 4) is 0 Å². The molecule has 2 rings (SSSR count). The van der Waals surface area contributed by atoms with Gasteiger partial charge in [0.05, 0.1) is 23.9 Å². The third kappa shape index (κ3) is 5.20. The van der Waals surface area contributed by atoms with Crippen molar-refractivity contribution >= 4 is 37.9 Å². The van der Waals surface area contributed by atoms with Crippen molar-refractivity contribution in [2.45, 2.75) is 127 Å². The van der Waals surface area contributed by atoms with Crippen molar-refractivity contribution in [3.05, 3.63) is 0 Å². The lowest BCUT2D eigenvalue weighted by Gasteiger charge is -2.45. The first kappa shape index (κ1) is 32.1. The van der Waals surface area contributed by atoms with Crippen LogP contribution < -0.4 is 20.4 Å². The quantitative estimate of drug-likeness (QED) is 0.182. The molecule has 2 fully saturated rings. The summed E-state index contributed by atoms with van der Waals surface area (Å²) in [6, 6.07) is 0. The minimum Gasteiger partial charge on any atom is -0.547 e. The summed E-state index contributed by atoms with van der Waals surface area (Å²) in [6.45, 7) is 7.04. The minimum absolute atomic E-state index is 0.219. The van der Waals surface area contributed by atoms with E-state index < -0.39 is 60.3 Å². The number of carboxylic acid groups (broad SMARTS) is 4. The van der Waals surface area contributed by atoms with E-state index in [1.807, 2.05) is 0 Å². The second kappa shape index (κ2) is 12.8. The van der Waals surface area contributed by atoms with Crippen LogP contribution in [0, 0.1) is 0 Å². The van der Waals surface area contributed by atoms with Crippen molar-refractivity contribution in [2.24, 2.45) is 0 Å². The molecule has 0 amide bonds. The standard InChI is InChI=1S/C24H40B2O12/c1-5-9-13-21(17(27)28)22(18(29)30,14-10-6-2)36-25(35-21)26-37-23(19(31)32,15-11-7-3)24(38-26,20(33)34)16-12-8-4/h5-16H2,1-4H3,(H,27,28)(H,29,30)(H,31,32)(H,33,34)/p-4. The lowest BCUT2D eigenvalue weighted by molar-refractivity contribution is -0.347. The molecule has 0 aromatic heterocycles. The smallest absolute Gasteiger partial charge is 0.489 e. The van der Waals surface area contributed by atoms with E-state index in [0.717, 1.165) is 0 Å². The Bertz CT molecular complexity index is 748. The van der Waals surface area contributed by atoms with Gasteiger partial charge in [0.15, 0.2) is 0 Å². The maximum Gasteiger partial charge on any atom is 0.489 e. The fourth-order valence-electron chi connectivity index (χ4n) is 5.45. The Labute approximate surface area is 223 Å². The normalized spacial score (nSPS) is 31.1. The molecule has 0 N–H and O–H groups in total. The Hall–Kier alpha value is -2.15. The van der Waals surface area contributed by atoms with E-state index in [-0.39, 0.29) is 51.4 Å². The highest BCUT2D eigenvalue weighted by molar-refractivity contribution is 7.11. The van der Waals surface area contributed by atoms with Crippen LogP contribution in [-0.4, -0.2) is 60.3 Å². The van der Waals surface area contributed by atoms with Crippen molar-refractivity contribution in [2.75, 3.05) is 0 Å². The Morgan fingerprint density at radius 3 is 0.789 bits per heavy atom. The topological polar surface area (TPSA) is 197 Å². The minimum atomic E-state index is -2.53. The molecular formula is C24H36B2O12-4.